The lowest BCUT2D eigenvalue weighted by Crippen LogP contribution is -2.56. The molecule has 0 bridgehead atoms. The minimum Gasteiger partial charge on any atom is -0.375 e. The van der Waals surface area contributed by atoms with E-state index in [0.717, 1.165) is 4.47 Å². The van der Waals surface area contributed by atoms with Crippen molar-refractivity contribution in [2.75, 3.05) is 32.1 Å². The van der Waals surface area contributed by atoms with Crippen molar-refractivity contribution >= 4 is 33.4 Å². The lowest BCUT2D eigenvalue weighted by molar-refractivity contribution is -0.140. The summed E-state index contributed by atoms with van der Waals surface area (Å²) in [6, 6.07) is 6.93. The van der Waals surface area contributed by atoms with E-state index in [2.05, 4.69) is 26.6 Å². The van der Waals surface area contributed by atoms with Gasteiger partial charge in [0.25, 0.3) is 0 Å². The molecule has 0 aromatic heterocycles. The van der Waals surface area contributed by atoms with E-state index in [-0.39, 0.29) is 24.5 Å². The quantitative estimate of drug-likeness (QED) is 0.836. The molecule has 1 fully saturated rings. The number of ether oxygens (including phenoxy) is 1. The number of likely N-dealkylation sites (N-methyl/N-ethyl adjacent to an activating group) is 1. The zero-order valence-electron chi connectivity index (χ0n) is 12.6. The first kappa shape index (κ1) is 16.9. The molecule has 2 atom stereocenters. The van der Waals surface area contributed by atoms with Crippen molar-refractivity contribution < 1.29 is 14.3 Å². The van der Waals surface area contributed by atoms with Crippen LogP contribution in [0.25, 0.3) is 0 Å². The first-order valence-electron chi connectivity index (χ1n) is 7.13. The van der Waals surface area contributed by atoms with Crippen LogP contribution in [0.2, 0.25) is 0 Å². The minimum absolute atomic E-state index is 0.00886. The van der Waals surface area contributed by atoms with Crippen molar-refractivity contribution in [3.05, 3.63) is 28.7 Å². The van der Waals surface area contributed by atoms with Crippen LogP contribution >= 0.6 is 15.9 Å². The van der Waals surface area contributed by atoms with Crippen LogP contribution in [-0.2, 0) is 14.3 Å². The molecule has 1 aromatic rings. The Labute approximate surface area is 138 Å². The van der Waals surface area contributed by atoms with Crippen LogP contribution in [0.15, 0.2) is 28.7 Å². The van der Waals surface area contributed by atoms with Crippen LogP contribution < -0.4 is 10.6 Å². The van der Waals surface area contributed by atoms with E-state index >= 15 is 0 Å². The molecule has 1 aromatic carbocycles. The van der Waals surface area contributed by atoms with E-state index in [1.54, 1.807) is 13.1 Å². The summed E-state index contributed by atoms with van der Waals surface area (Å²) < 4.78 is 6.26. The van der Waals surface area contributed by atoms with Crippen molar-refractivity contribution in [3.63, 3.8) is 0 Å². The number of carbonyl (C=O) groups is 2. The predicted octanol–water partition coefficient (Wildman–Crippen LogP) is 1.22. The molecule has 0 radical (unpaired) electrons. The van der Waals surface area contributed by atoms with E-state index in [1.807, 2.05) is 25.1 Å². The minimum atomic E-state index is -0.407. The van der Waals surface area contributed by atoms with Gasteiger partial charge in [-0.1, -0.05) is 12.1 Å². The molecular formula is C15H20BrN3O3. The highest BCUT2D eigenvalue weighted by Gasteiger charge is 2.31. The Balaban J connectivity index is 1.90. The Bertz CT molecular complexity index is 553. The van der Waals surface area contributed by atoms with Gasteiger partial charge in [-0.15, -0.1) is 0 Å². The Morgan fingerprint density at radius 1 is 1.45 bits per heavy atom. The number of anilines is 1. The average molecular weight is 370 g/mol. The molecule has 1 heterocycles. The zero-order chi connectivity index (χ0) is 16.1. The van der Waals surface area contributed by atoms with Gasteiger partial charge < -0.3 is 20.3 Å². The van der Waals surface area contributed by atoms with Crippen molar-refractivity contribution in [1.29, 1.82) is 0 Å². The van der Waals surface area contributed by atoms with Crippen molar-refractivity contribution in [2.24, 2.45) is 0 Å². The summed E-state index contributed by atoms with van der Waals surface area (Å²) in [5.41, 5.74) is 0.681. The number of morpholine rings is 1. The smallest absolute Gasteiger partial charge is 0.244 e. The van der Waals surface area contributed by atoms with Gasteiger partial charge in [-0.25, -0.2) is 0 Å². The lowest BCUT2D eigenvalue weighted by atomic mass is 10.1. The van der Waals surface area contributed by atoms with E-state index in [1.165, 1.54) is 4.90 Å². The first-order chi connectivity index (χ1) is 10.5. The van der Waals surface area contributed by atoms with Gasteiger partial charge in [0, 0.05) is 18.1 Å². The second-order valence-electron chi connectivity index (χ2n) is 5.23. The number of amides is 2. The van der Waals surface area contributed by atoms with Gasteiger partial charge in [0.1, 0.15) is 6.04 Å². The highest BCUT2D eigenvalue weighted by molar-refractivity contribution is 9.10. The number of benzene rings is 1. The fourth-order valence-electron chi connectivity index (χ4n) is 2.29. The van der Waals surface area contributed by atoms with Crippen LogP contribution in [0, 0.1) is 0 Å². The molecule has 0 spiro atoms. The van der Waals surface area contributed by atoms with Crippen molar-refractivity contribution in [2.45, 2.75) is 19.1 Å². The number of rotatable bonds is 4. The molecule has 22 heavy (non-hydrogen) atoms. The van der Waals surface area contributed by atoms with E-state index in [9.17, 15) is 9.59 Å². The number of carbonyl (C=O) groups excluding carboxylic acids is 2. The lowest BCUT2D eigenvalue weighted by Gasteiger charge is -2.32. The number of hydrogen-bond donors (Lipinski definition) is 2. The zero-order valence-corrected chi connectivity index (χ0v) is 14.2. The summed E-state index contributed by atoms with van der Waals surface area (Å²) in [5.74, 6) is -0.387. The monoisotopic (exact) mass is 369 g/mol. The molecule has 1 aliphatic rings. The Morgan fingerprint density at radius 3 is 2.86 bits per heavy atom. The third-order valence-electron chi connectivity index (χ3n) is 3.49. The van der Waals surface area contributed by atoms with E-state index < -0.39 is 6.04 Å². The van der Waals surface area contributed by atoms with E-state index in [4.69, 9.17) is 4.74 Å². The van der Waals surface area contributed by atoms with Crippen LogP contribution in [0.5, 0.6) is 0 Å². The highest BCUT2D eigenvalue weighted by Crippen LogP contribution is 2.21. The second-order valence-corrected chi connectivity index (χ2v) is 6.08. The SMILES string of the molecule is C[C@H]1OCCN[C@@H]1C(=O)N(C)CC(=O)Nc1ccccc1Br. The van der Waals surface area contributed by atoms with E-state index in [0.29, 0.717) is 18.8 Å². The Kier molecular flexibility index (Phi) is 5.93. The van der Waals surface area contributed by atoms with Crippen LogP contribution in [0.3, 0.4) is 0 Å². The fraction of sp³-hybridized carbons (Fsp3) is 0.467. The molecule has 1 saturated heterocycles. The molecule has 0 unspecified atom stereocenters. The number of nitrogens with one attached hydrogen (secondary N) is 2. The molecule has 2 N–H and O–H groups in total. The normalized spacial score (nSPS) is 21.2. The van der Waals surface area contributed by atoms with Gasteiger partial charge in [0.15, 0.2) is 0 Å². The van der Waals surface area contributed by atoms with Crippen LogP contribution in [-0.4, -0.2) is 55.6 Å². The molecule has 0 saturated carbocycles. The topological polar surface area (TPSA) is 70.7 Å². The Hall–Kier alpha value is -1.44. The molecular weight excluding hydrogens is 350 g/mol. The average Bonchev–Trinajstić information content (AvgIpc) is 2.49. The van der Waals surface area contributed by atoms with Crippen molar-refractivity contribution in [3.8, 4) is 0 Å². The maximum atomic E-state index is 12.4. The van der Waals surface area contributed by atoms with Gasteiger partial charge in [-0.2, -0.15) is 0 Å². The maximum Gasteiger partial charge on any atom is 0.244 e. The summed E-state index contributed by atoms with van der Waals surface area (Å²) in [5, 5.41) is 5.90. The summed E-state index contributed by atoms with van der Waals surface area (Å²) in [7, 11) is 1.62. The number of halogens is 1. The van der Waals surface area contributed by atoms with Crippen LogP contribution in [0.4, 0.5) is 5.69 Å². The molecule has 2 rings (SSSR count). The van der Waals surface area contributed by atoms with Gasteiger partial charge in [-0.3, -0.25) is 9.59 Å². The number of para-hydroxylation sites is 1. The summed E-state index contributed by atoms with van der Waals surface area (Å²) in [4.78, 5) is 25.8. The van der Waals surface area contributed by atoms with Gasteiger partial charge >= 0.3 is 0 Å². The summed E-state index contributed by atoms with van der Waals surface area (Å²) >= 11 is 3.37. The number of nitrogens with zero attached hydrogens (tertiary/aromatic N) is 1. The van der Waals surface area contributed by atoms with Crippen molar-refractivity contribution in [1.82, 2.24) is 10.2 Å². The molecule has 120 valence electrons. The molecule has 6 nitrogen and oxygen atoms in total. The molecule has 1 aliphatic heterocycles. The van der Waals surface area contributed by atoms with Crippen LogP contribution in [0.1, 0.15) is 6.92 Å². The standard InChI is InChI=1S/C15H20BrN3O3/c1-10-14(17-7-8-22-10)15(21)19(2)9-13(20)18-12-6-4-3-5-11(12)16/h3-6,10,14,17H,7-9H2,1-2H3,(H,18,20)/t10-,14+/m1/s1. The fourth-order valence-corrected chi connectivity index (χ4v) is 2.68. The Morgan fingerprint density at radius 2 is 2.18 bits per heavy atom. The van der Waals surface area contributed by atoms with Gasteiger partial charge in [0.05, 0.1) is 24.9 Å². The summed E-state index contributed by atoms with van der Waals surface area (Å²) in [6.07, 6.45) is -0.199. The third kappa shape index (κ3) is 4.28. The first-order valence-corrected chi connectivity index (χ1v) is 7.92. The molecule has 0 aliphatic carbocycles. The molecule has 2 amide bonds. The third-order valence-corrected chi connectivity index (χ3v) is 4.18. The highest BCUT2D eigenvalue weighted by atomic mass is 79.9. The molecule has 7 heteroatoms. The van der Waals surface area contributed by atoms with Gasteiger partial charge in [0.2, 0.25) is 11.8 Å². The number of hydrogen-bond acceptors (Lipinski definition) is 4. The largest absolute Gasteiger partial charge is 0.375 e. The maximum absolute atomic E-state index is 12.4. The summed E-state index contributed by atoms with van der Waals surface area (Å²) in [6.45, 7) is 3.07. The second kappa shape index (κ2) is 7.71. The predicted molar refractivity (Wildman–Crippen MR) is 87.6 cm³/mol. The van der Waals surface area contributed by atoms with Gasteiger partial charge in [-0.05, 0) is 35.0 Å².